The summed E-state index contributed by atoms with van der Waals surface area (Å²) in [5, 5.41) is 10.2. The summed E-state index contributed by atoms with van der Waals surface area (Å²) in [6.07, 6.45) is 6.87. The van der Waals surface area contributed by atoms with Gasteiger partial charge in [0.05, 0.1) is 12.2 Å². The monoisotopic (exact) mass is 260 g/mol. The Morgan fingerprint density at radius 3 is 2.68 bits per heavy atom. The Labute approximate surface area is 115 Å². The Morgan fingerprint density at radius 2 is 1.95 bits per heavy atom. The Bertz CT molecular complexity index is 384. The molecule has 3 rings (SSSR count). The van der Waals surface area contributed by atoms with Crippen LogP contribution < -0.4 is 0 Å². The minimum Gasteiger partial charge on any atom is -0.393 e. The zero-order valence-corrected chi connectivity index (χ0v) is 11.5. The van der Waals surface area contributed by atoms with Crippen LogP contribution in [0.15, 0.2) is 30.3 Å². The molecule has 104 valence electrons. The second kappa shape index (κ2) is 6.06. The minimum absolute atomic E-state index is 0.121. The molecule has 4 unspecified atom stereocenters. The lowest BCUT2D eigenvalue weighted by atomic mass is 9.74. The molecule has 0 spiro atoms. The fourth-order valence-corrected chi connectivity index (χ4v) is 3.70. The Kier molecular flexibility index (Phi) is 4.19. The van der Waals surface area contributed by atoms with Gasteiger partial charge in [-0.3, -0.25) is 0 Å². The van der Waals surface area contributed by atoms with E-state index < -0.39 is 0 Å². The van der Waals surface area contributed by atoms with Gasteiger partial charge in [-0.2, -0.15) is 0 Å². The average molecular weight is 260 g/mol. The summed E-state index contributed by atoms with van der Waals surface area (Å²) in [4.78, 5) is 0. The van der Waals surface area contributed by atoms with Crippen molar-refractivity contribution < 1.29 is 9.84 Å². The van der Waals surface area contributed by atoms with Gasteiger partial charge in [0.1, 0.15) is 0 Å². The lowest BCUT2D eigenvalue weighted by Crippen LogP contribution is -2.31. The SMILES string of the molecule is OC1CCC(c2ccccc2)CC1CC1CCCO1. The quantitative estimate of drug-likeness (QED) is 0.901. The molecule has 1 saturated carbocycles. The van der Waals surface area contributed by atoms with Gasteiger partial charge in [-0.15, -0.1) is 0 Å². The predicted molar refractivity (Wildman–Crippen MR) is 76.1 cm³/mol. The zero-order chi connectivity index (χ0) is 13.1. The van der Waals surface area contributed by atoms with Gasteiger partial charge < -0.3 is 9.84 Å². The number of rotatable bonds is 3. The summed E-state index contributed by atoms with van der Waals surface area (Å²) in [7, 11) is 0. The van der Waals surface area contributed by atoms with E-state index in [0.717, 1.165) is 32.3 Å². The van der Waals surface area contributed by atoms with Gasteiger partial charge in [0.25, 0.3) is 0 Å². The number of aliphatic hydroxyl groups excluding tert-OH is 1. The molecule has 0 radical (unpaired) electrons. The molecule has 2 fully saturated rings. The van der Waals surface area contributed by atoms with Gasteiger partial charge in [-0.1, -0.05) is 30.3 Å². The molecule has 4 atom stereocenters. The lowest BCUT2D eigenvalue weighted by Gasteiger charge is -2.34. The van der Waals surface area contributed by atoms with Crippen molar-refractivity contribution in [3.63, 3.8) is 0 Å². The highest BCUT2D eigenvalue weighted by molar-refractivity contribution is 5.20. The van der Waals surface area contributed by atoms with E-state index in [-0.39, 0.29) is 6.10 Å². The van der Waals surface area contributed by atoms with Gasteiger partial charge >= 0.3 is 0 Å². The molecule has 1 saturated heterocycles. The van der Waals surface area contributed by atoms with E-state index in [1.165, 1.54) is 18.4 Å². The maximum absolute atomic E-state index is 10.2. The largest absolute Gasteiger partial charge is 0.393 e. The van der Waals surface area contributed by atoms with Crippen molar-refractivity contribution in [2.45, 2.75) is 56.7 Å². The van der Waals surface area contributed by atoms with Crippen molar-refractivity contribution in [1.82, 2.24) is 0 Å². The predicted octanol–water partition coefficient (Wildman–Crippen LogP) is 3.50. The van der Waals surface area contributed by atoms with Gasteiger partial charge in [0.2, 0.25) is 0 Å². The maximum Gasteiger partial charge on any atom is 0.0579 e. The van der Waals surface area contributed by atoms with Crippen LogP contribution in [0.4, 0.5) is 0 Å². The van der Waals surface area contributed by atoms with Crippen molar-refractivity contribution >= 4 is 0 Å². The highest BCUT2D eigenvalue weighted by Crippen LogP contribution is 2.39. The molecule has 2 heteroatoms. The third-order valence-corrected chi connectivity index (χ3v) is 4.80. The first-order chi connectivity index (χ1) is 9.33. The summed E-state index contributed by atoms with van der Waals surface area (Å²) in [6.45, 7) is 0.912. The van der Waals surface area contributed by atoms with Gasteiger partial charge in [0, 0.05) is 6.61 Å². The van der Waals surface area contributed by atoms with Crippen LogP contribution in [0.3, 0.4) is 0 Å². The zero-order valence-electron chi connectivity index (χ0n) is 11.5. The van der Waals surface area contributed by atoms with Crippen molar-refractivity contribution in [2.75, 3.05) is 6.61 Å². The standard InChI is InChI=1S/C17H24O2/c18-17-9-8-14(13-5-2-1-3-6-13)11-15(17)12-16-7-4-10-19-16/h1-3,5-6,14-18H,4,7-12H2. The highest BCUT2D eigenvalue weighted by Gasteiger charge is 2.32. The molecule has 1 aliphatic heterocycles. The van der Waals surface area contributed by atoms with Crippen molar-refractivity contribution in [2.24, 2.45) is 5.92 Å². The van der Waals surface area contributed by atoms with Crippen LogP contribution in [0.1, 0.15) is 50.0 Å². The summed E-state index contributed by atoms with van der Waals surface area (Å²) in [6, 6.07) is 10.8. The van der Waals surface area contributed by atoms with E-state index in [0.29, 0.717) is 17.9 Å². The molecule has 1 N–H and O–H groups in total. The normalized spacial score (nSPS) is 35.4. The van der Waals surface area contributed by atoms with E-state index >= 15 is 0 Å². The van der Waals surface area contributed by atoms with Crippen LogP contribution in [0.2, 0.25) is 0 Å². The first-order valence-corrected chi connectivity index (χ1v) is 7.67. The van der Waals surface area contributed by atoms with Gasteiger partial charge in [-0.25, -0.2) is 0 Å². The minimum atomic E-state index is -0.121. The van der Waals surface area contributed by atoms with E-state index in [1.807, 2.05) is 0 Å². The maximum atomic E-state index is 10.2. The molecule has 19 heavy (non-hydrogen) atoms. The lowest BCUT2D eigenvalue weighted by molar-refractivity contribution is 0.0176. The summed E-state index contributed by atoms with van der Waals surface area (Å²) in [5.41, 5.74) is 1.44. The van der Waals surface area contributed by atoms with Crippen LogP contribution in [0, 0.1) is 5.92 Å². The summed E-state index contributed by atoms with van der Waals surface area (Å²) in [5.74, 6) is 1.04. The third kappa shape index (κ3) is 3.18. The molecule has 0 amide bonds. The average Bonchev–Trinajstić information content (AvgIpc) is 2.95. The second-order valence-corrected chi connectivity index (χ2v) is 6.12. The second-order valence-electron chi connectivity index (χ2n) is 6.12. The van der Waals surface area contributed by atoms with E-state index in [9.17, 15) is 5.11 Å². The molecule has 0 aromatic heterocycles. The van der Waals surface area contributed by atoms with E-state index in [2.05, 4.69) is 30.3 Å². The molecule has 1 aromatic rings. The van der Waals surface area contributed by atoms with Crippen LogP contribution >= 0.6 is 0 Å². The molecular weight excluding hydrogens is 236 g/mol. The van der Waals surface area contributed by atoms with E-state index in [1.54, 1.807) is 0 Å². The first kappa shape index (κ1) is 13.1. The summed E-state index contributed by atoms with van der Waals surface area (Å²) < 4.78 is 5.73. The molecule has 0 bridgehead atoms. The van der Waals surface area contributed by atoms with Crippen molar-refractivity contribution in [1.29, 1.82) is 0 Å². The molecular formula is C17H24O2. The molecule has 1 aliphatic carbocycles. The smallest absolute Gasteiger partial charge is 0.0579 e. The van der Waals surface area contributed by atoms with Crippen LogP contribution in [-0.4, -0.2) is 23.9 Å². The van der Waals surface area contributed by atoms with E-state index in [4.69, 9.17) is 4.74 Å². The fourth-order valence-electron chi connectivity index (χ4n) is 3.70. The number of ether oxygens (including phenoxy) is 1. The van der Waals surface area contributed by atoms with Crippen LogP contribution in [0.25, 0.3) is 0 Å². The Hall–Kier alpha value is -0.860. The molecule has 1 aromatic carbocycles. The number of hydrogen-bond donors (Lipinski definition) is 1. The Balaban J connectivity index is 1.63. The van der Waals surface area contributed by atoms with Crippen LogP contribution in [0.5, 0.6) is 0 Å². The number of hydrogen-bond acceptors (Lipinski definition) is 2. The topological polar surface area (TPSA) is 29.5 Å². The molecule has 2 aliphatic rings. The number of benzene rings is 1. The Morgan fingerprint density at radius 1 is 1.11 bits per heavy atom. The fraction of sp³-hybridized carbons (Fsp3) is 0.647. The number of aliphatic hydroxyl groups is 1. The molecule has 1 heterocycles. The first-order valence-electron chi connectivity index (χ1n) is 7.67. The van der Waals surface area contributed by atoms with Crippen molar-refractivity contribution in [3.05, 3.63) is 35.9 Å². The van der Waals surface area contributed by atoms with Gasteiger partial charge in [-0.05, 0) is 55.9 Å². The summed E-state index contributed by atoms with van der Waals surface area (Å²) >= 11 is 0. The third-order valence-electron chi connectivity index (χ3n) is 4.80. The molecule has 2 nitrogen and oxygen atoms in total. The van der Waals surface area contributed by atoms with Gasteiger partial charge in [0.15, 0.2) is 0 Å². The van der Waals surface area contributed by atoms with Crippen LogP contribution in [-0.2, 0) is 4.74 Å². The van der Waals surface area contributed by atoms with Crippen molar-refractivity contribution in [3.8, 4) is 0 Å². The highest BCUT2D eigenvalue weighted by atomic mass is 16.5.